The van der Waals surface area contributed by atoms with Gasteiger partial charge in [-0.15, -0.1) is 0 Å². The van der Waals surface area contributed by atoms with Crippen molar-refractivity contribution in [1.29, 1.82) is 0 Å². The molecule has 0 atom stereocenters. The number of rotatable bonds is 4. The number of carbonyl (C=O) groups is 2. The van der Waals surface area contributed by atoms with Gasteiger partial charge in [-0.25, -0.2) is 0 Å². The van der Waals surface area contributed by atoms with Crippen LogP contribution in [0.1, 0.15) is 28.4 Å². The van der Waals surface area contributed by atoms with Crippen molar-refractivity contribution >= 4 is 17.6 Å². The van der Waals surface area contributed by atoms with Crippen LogP contribution >= 0.6 is 0 Å². The minimum Gasteiger partial charge on any atom is -0.486 e. The molecule has 2 aromatic rings. The van der Waals surface area contributed by atoms with Crippen molar-refractivity contribution in [2.45, 2.75) is 13.8 Å². The third kappa shape index (κ3) is 3.31. The standard InChI is InChI=1S/C19H16O4/c1-12-3-5-14(6-4-12)9-18-19(21)16-8-7-15(10-17(16)23-18)22-11-13(2)20/h3-10H,11H2,1-2H3/b18-9-. The van der Waals surface area contributed by atoms with Crippen LogP contribution in [0.25, 0.3) is 6.08 Å². The number of Topliss-reactive ketones (excluding diaryl/α,β-unsaturated/α-hetero) is 2. The number of hydrogen-bond donors (Lipinski definition) is 0. The van der Waals surface area contributed by atoms with Crippen LogP contribution in [0.2, 0.25) is 0 Å². The topological polar surface area (TPSA) is 52.6 Å². The quantitative estimate of drug-likeness (QED) is 0.810. The molecule has 2 aromatic carbocycles. The molecule has 0 saturated carbocycles. The van der Waals surface area contributed by atoms with Crippen molar-refractivity contribution in [3.8, 4) is 11.5 Å². The monoisotopic (exact) mass is 308 g/mol. The van der Waals surface area contributed by atoms with E-state index in [-0.39, 0.29) is 23.9 Å². The number of carbonyl (C=O) groups excluding carboxylic acids is 2. The molecule has 0 aliphatic carbocycles. The smallest absolute Gasteiger partial charge is 0.231 e. The molecule has 0 fully saturated rings. The van der Waals surface area contributed by atoms with Crippen molar-refractivity contribution in [1.82, 2.24) is 0 Å². The van der Waals surface area contributed by atoms with Gasteiger partial charge in [0.05, 0.1) is 5.56 Å². The Morgan fingerprint density at radius 2 is 1.91 bits per heavy atom. The maximum atomic E-state index is 12.4. The molecule has 4 heteroatoms. The molecule has 1 aliphatic rings. The highest BCUT2D eigenvalue weighted by Gasteiger charge is 2.27. The van der Waals surface area contributed by atoms with Crippen LogP contribution in [0.3, 0.4) is 0 Å². The molecule has 0 aromatic heterocycles. The number of benzene rings is 2. The maximum Gasteiger partial charge on any atom is 0.231 e. The second-order valence-corrected chi connectivity index (χ2v) is 5.50. The summed E-state index contributed by atoms with van der Waals surface area (Å²) in [6.07, 6.45) is 1.72. The molecule has 1 aliphatic heterocycles. The summed E-state index contributed by atoms with van der Waals surface area (Å²) in [5.74, 6) is 1.02. The summed E-state index contributed by atoms with van der Waals surface area (Å²) < 4.78 is 11.0. The van der Waals surface area contributed by atoms with E-state index >= 15 is 0 Å². The number of aryl methyl sites for hydroxylation is 1. The molecule has 0 saturated heterocycles. The Hall–Kier alpha value is -2.88. The summed E-state index contributed by atoms with van der Waals surface area (Å²) in [6.45, 7) is 3.46. The fraction of sp³-hybridized carbons (Fsp3) is 0.158. The number of hydrogen-bond acceptors (Lipinski definition) is 4. The lowest BCUT2D eigenvalue weighted by Crippen LogP contribution is -2.06. The highest BCUT2D eigenvalue weighted by molar-refractivity contribution is 6.14. The Kier molecular flexibility index (Phi) is 3.98. The minimum absolute atomic E-state index is 0.00119. The Morgan fingerprint density at radius 3 is 2.61 bits per heavy atom. The number of fused-ring (bicyclic) bond motifs is 1. The third-order valence-electron chi connectivity index (χ3n) is 3.46. The van der Waals surface area contributed by atoms with Gasteiger partial charge in [-0.3, -0.25) is 9.59 Å². The van der Waals surface area contributed by atoms with Crippen molar-refractivity contribution in [2.24, 2.45) is 0 Å². The first-order chi connectivity index (χ1) is 11.0. The molecule has 0 spiro atoms. The van der Waals surface area contributed by atoms with E-state index in [9.17, 15) is 9.59 Å². The van der Waals surface area contributed by atoms with Crippen molar-refractivity contribution < 1.29 is 19.1 Å². The van der Waals surface area contributed by atoms with Gasteiger partial charge in [-0.05, 0) is 37.6 Å². The zero-order valence-electron chi connectivity index (χ0n) is 13.0. The van der Waals surface area contributed by atoms with Crippen LogP contribution in [-0.2, 0) is 4.79 Å². The van der Waals surface area contributed by atoms with Gasteiger partial charge in [-0.2, -0.15) is 0 Å². The van der Waals surface area contributed by atoms with E-state index in [4.69, 9.17) is 9.47 Å². The molecule has 116 valence electrons. The molecule has 0 radical (unpaired) electrons. The number of allylic oxidation sites excluding steroid dienone is 1. The molecule has 23 heavy (non-hydrogen) atoms. The highest BCUT2D eigenvalue weighted by atomic mass is 16.5. The fourth-order valence-corrected chi connectivity index (χ4v) is 2.26. The zero-order valence-corrected chi connectivity index (χ0v) is 13.0. The van der Waals surface area contributed by atoms with Crippen LogP contribution in [0.5, 0.6) is 11.5 Å². The van der Waals surface area contributed by atoms with Crippen molar-refractivity contribution in [3.05, 3.63) is 64.9 Å². The predicted molar refractivity (Wildman–Crippen MR) is 86.7 cm³/mol. The van der Waals surface area contributed by atoms with Crippen LogP contribution in [0.15, 0.2) is 48.2 Å². The number of ether oxygens (including phenoxy) is 2. The van der Waals surface area contributed by atoms with E-state index in [2.05, 4.69) is 0 Å². The van der Waals surface area contributed by atoms with E-state index in [1.165, 1.54) is 6.92 Å². The lowest BCUT2D eigenvalue weighted by Gasteiger charge is -2.04. The Balaban J connectivity index is 1.83. The van der Waals surface area contributed by atoms with Gasteiger partial charge in [0.2, 0.25) is 5.78 Å². The van der Waals surface area contributed by atoms with Gasteiger partial charge in [0.15, 0.2) is 11.5 Å². The van der Waals surface area contributed by atoms with Crippen molar-refractivity contribution in [2.75, 3.05) is 6.61 Å². The van der Waals surface area contributed by atoms with Crippen LogP contribution in [-0.4, -0.2) is 18.2 Å². The first kappa shape index (κ1) is 15.0. The molecule has 1 heterocycles. The summed E-state index contributed by atoms with van der Waals surface area (Å²) >= 11 is 0. The SMILES string of the molecule is CC(=O)COc1ccc2c(c1)O/C(=C\c1ccc(C)cc1)C2=O. The first-order valence-electron chi connectivity index (χ1n) is 7.30. The Bertz CT molecular complexity index is 801. The summed E-state index contributed by atoms with van der Waals surface area (Å²) in [7, 11) is 0. The van der Waals surface area contributed by atoms with E-state index < -0.39 is 0 Å². The van der Waals surface area contributed by atoms with Gasteiger partial charge in [-0.1, -0.05) is 29.8 Å². The third-order valence-corrected chi connectivity index (χ3v) is 3.46. The predicted octanol–water partition coefficient (Wildman–Crippen LogP) is 3.58. The fourth-order valence-electron chi connectivity index (χ4n) is 2.26. The minimum atomic E-state index is -0.154. The van der Waals surface area contributed by atoms with E-state index in [1.54, 1.807) is 24.3 Å². The van der Waals surface area contributed by atoms with E-state index in [1.807, 2.05) is 31.2 Å². The molecule has 0 amide bonds. The lowest BCUT2D eigenvalue weighted by molar-refractivity contribution is -0.118. The molecule has 3 rings (SSSR count). The normalized spacial score (nSPS) is 14.5. The second kappa shape index (κ2) is 6.08. The van der Waals surface area contributed by atoms with Gasteiger partial charge >= 0.3 is 0 Å². The lowest BCUT2D eigenvalue weighted by atomic mass is 10.1. The summed E-state index contributed by atoms with van der Waals surface area (Å²) in [6, 6.07) is 12.8. The molecule has 0 bridgehead atoms. The van der Waals surface area contributed by atoms with Gasteiger partial charge in [0.25, 0.3) is 0 Å². The second-order valence-electron chi connectivity index (χ2n) is 5.50. The summed E-state index contributed by atoms with van der Waals surface area (Å²) in [5, 5.41) is 0. The van der Waals surface area contributed by atoms with Crippen LogP contribution in [0, 0.1) is 6.92 Å². The van der Waals surface area contributed by atoms with Crippen LogP contribution < -0.4 is 9.47 Å². The molecule has 0 N–H and O–H groups in total. The van der Waals surface area contributed by atoms with Crippen molar-refractivity contribution in [3.63, 3.8) is 0 Å². The average Bonchev–Trinajstić information content (AvgIpc) is 2.83. The number of ketones is 2. The Morgan fingerprint density at radius 1 is 1.17 bits per heavy atom. The highest BCUT2D eigenvalue weighted by Crippen LogP contribution is 2.34. The van der Waals surface area contributed by atoms with E-state index in [0.717, 1.165) is 11.1 Å². The zero-order chi connectivity index (χ0) is 16.4. The first-order valence-corrected chi connectivity index (χ1v) is 7.30. The van der Waals surface area contributed by atoms with E-state index in [0.29, 0.717) is 17.1 Å². The molecular weight excluding hydrogens is 292 g/mol. The van der Waals surface area contributed by atoms with Crippen LogP contribution in [0.4, 0.5) is 0 Å². The molecule has 0 unspecified atom stereocenters. The Labute approximate surface area is 134 Å². The molecular formula is C19H16O4. The van der Waals surface area contributed by atoms with Gasteiger partial charge < -0.3 is 9.47 Å². The largest absolute Gasteiger partial charge is 0.486 e. The summed E-state index contributed by atoms with van der Waals surface area (Å²) in [5.41, 5.74) is 2.56. The average molecular weight is 308 g/mol. The summed E-state index contributed by atoms with van der Waals surface area (Å²) in [4.78, 5) is 23.3. The maximum absolute atomic E-state index is 12.4. The van der Waals surface area contributed by atoms with Gasteiger partial charge in [0.1, 0.15) is 18.1 Å². The van der Waals surface area contributed by atoms with Gasteiger partial charge in [0, 0.05) is 6.07 Å². The molecule has 4 nitrogen and oxygen atoms in total.